The molecule has 32 heavy (non-hydrogen) atoms. The van der Waals surface area contributed by atoms with Crippen LogP contribution in [-0.2, 0) is 11.3 Å². The van der Waals surface area contributed by atoms with Gasteiger partial charge in [0, 0.05) is 43.2 Å². The number of pyridine rings is 1. The molecule has 2 heterocycles. The van der Waals surface area contributed by atoms with Crippen LogP contribution in [0.2, 0.25) is 0 Å². The third kappa shape index (κ3) is 5.44. The predicted octanol–water partition coefficient (Wildman–Crippen LogP) is 4.19. The Labute approximate surface area is 188 Å². The van der Waals surface area contributed by atoms with Crippen molar-refractivity contribution in [1.82, 2.24) is 15.2 Å². The molecule has 0 unspecified atom stereocenters. The number of likely N-dealkylation sites (tertiary alicyclic amines) is 1. The fourth-order valence-corrected chi connectivity index (χ4v) is 4.28. The van der Waals surface area contributed by atoms with Gasteiger partial charge in [0.25, 0.3) is 5.91 Å². The summed E-state index contributed by atoms with van der Waals surface area (Å²) in [6.45, 7) is 1.96. The molecule has 1 aromatic heterocycles. The van der Waals surface area contributed by atoms with E-state index in [1.165, 1.54) is 0 Å². The van der Waals surface area contributed by atoms with E-state index < -0.39 is 0 Å². The summed E-state index contributed by atoms with van der Waals surface area (Å²) < 4.78 is 5.22. The quantitative estimate of drug-likeness (QED) is 0.609. The van der Waals surface area contributed by atoms with Gasteiger partial charge in [0.1, 0.15) is 5.75 Å². The summed E-state index contributed by atoms with van der Waals surface area (Å²) in [6.07, 6.45) is 5.03. The number of hydrogen-bond donors (Lipinski definition) is 1. The van der Waals surface area contributed by atoms with Crippen molar-refractivity contribution in [3.05, 3.63) is 71.9 Å². The SMILES string of the molecule is COc1cccc(CNC(=O)CC[C@@H]2CCCN(C(=O)c3ccc4ncccc4c3)C2)c1. The van der Waals surface area contributed by atoms with E-state index in [1.54, 1.807) is 13.3 Å². The number of aromatic nitrogens is 1. The number of nitrogens with zero attached hydrogens (tertiary/aromatic N) is 2. The zero-order chi connectivity index (χ0) is 22.3. The maximum absolute atomic E-state index is 13.1. The van der Waals surface area contributed by atoms with E-state index in [1.807, 2.05) is 59.5 Å². The molecule has 1 fully saturated rings. The number of piperidine rings is 1. The van der Waals surface area contributed by atoms with Crippen LogP contribution in [-0.4, -0.2) is 41.9 Å². The van der Waals surface area contributed by atoms with Gasteiger partial charge in [-0.15, -0.1) is 0 Å². The lowest BCUT2D eigenvalue weighted by atomic mass is 9.92. The van der Waals surface area contributed by atoms with Gasteiger partial charge in [-0.1, -0.05) is 18.2 Å². The summed E-state index contributed by atoms with van der Waals surface area (Å²) in [5, 5.41) is 3.96. The van der Waals surface area contributed by atoms with Crippen LogP contribution >= 0.6 is 0 Å². The first-order chi connectivity index (χ1) is 15.6. The third-order valence-electron chi connectivity index (χ3n) is 6.06. The largest absolute Gasteiger partial charge is 0.497 e. The Kier molecular flexibility index (Phi) is 7.00. The lowest BCUT2D eigenvalue weighted by Crippen LogP contribution is -2.40. The van der Waals surface area contributed by atoms with Gasteiger partial charge in [0.15, 0.2) is 0 Å². The zero-order valence-electron chi connectivity index (χ0n) is 18.4. The molecule has 0 aliphatic carbocycles. The van der Waals surface area contributed by atoms with E-state index in [2.05, 4.69) is 10.3 Å². The number of fused-ring (bicyclic) bond motifs is 1. The number of amides is 2. The van der Waals surface area contributed by atoms with Gasteiger partial charge in [-0.3, -0.25) is 14.6 Å². The Morgan fingerprint density at radius 3 is 2.94 bits per heavy atom. The molecule has 0 radical (unpaired) electrons. The van der Waals surface area contributed by atoms with E-state index in [9.17, 15) is 9.59 Å². The van der Waals surface area contributed by atoms with Gasteiger partial charge in [-0.2, -0.15) is 0 Å². The Morgan fingerprint density at radius 1 is 1.16 bits per heavy atom. The van der Waals surface area contributed by atoms with Gasteiger partial charge in [-0.25, -0.2) is 0 Å². The molecule has 2 aromatic carbocycles. The predicted molar refractivity (Wildman–Crippen MR) is 124 cm³/mol. The van der Waals surface area contributed by atoms with Crippen LogP contribution in [0.3, 0.4) is 0 Å². The van der Waals surface area contributed by atoms with Crippen LogP contribution in [0.4, 0.5) is 0 Å². The first-order valence-corrected chi connectivity index (χ1v) is 11.2. The number of nitrogens with one attached hydrogen (secondary N) is 1. The number of methoxy groups -OCH3 is 1. The number of rotatable bonds is 7. The second kappa shape index (κ2) is 10.3. The van der Waals surface area contributed by atoms with Crippen LogP contribution in [0, 0.1) is 5.92 Å². The Hall–Kier alpha value is -3.41. The van der Waals surface area contributed by atoms with Gasteiger partial charge in [0.2, 0.25) is 5.91 Å². The van der Waals surface area contributed by atoms with Crippen molar-refractivity contribution in [2.45, 2.75) is 32.2 Å². The summed E-state index contributed by atoms with van der Waals surface area (Å²) in [5.74, 6) is 1.23. The molecule has 166 valence electrons. The third-order valence-corrected chi connectivity index (χ3v) is 6.06. The molecule has 4 rings (SSSR count). The highest BCUT2D eigenvalue weighted by molar-refractivity contribution is 5.98. The summed E-state index contributed by atoms with van der Waals surface area (Å²) in [6, 6.07) is 17.2. The second-order valence-corrected chi connectivity index (χ2v) is 8.34. The maximum atomic E-state index is 13.1. The van der Waals surface area contributed by atoms with Crippen molar-refractivity contribution in [3.8, 4) is 5.75 Å². The average molecular weight is 432 g/mol. The van der Waals surface area contributed by atoms with Crippen molar-refractivity contribution in [3.63, 3.8) is 0 Å². The zero-order valence-corrected chi connectivity index (χ0v) is 18.4. The van der Waals surface area contributed by atoms with Crippen molar-refractivity contribution in [1.29, 1.82) is 0 Å². The van der Waals surface area contributed by atoms with E-state index in [0.717, 1.165) is 48.0 Å². The van der Waals surface area contributed by atoms with Gasteiger partial charge in [-0.05, 0) is 67.1 Å². The molecule has 1 aliphatic rings. The number of carbonyl (C=O) groups is 2. The summed E-state index contributed by atoms with van der Waals surface area (Å²) in [7, 11) is 1.63. The minimum atomic E-state index is 0.0401. The van der Waals surface area contributed by atoms with Gasteiger partial charge < -0.3 is 15.0 Å². The molecule has 6 nitrogen and oxygen atoms in total. The van der Waals surface area contributed by atoms with Crippen molar-refractivity contribution < 1.29 is 14.3 Å². The molecule has 1 N–H and O–H groups in total. The molecular weight excluding hydrogens is 402 g/mol. The van der Waals surface area contributed by atoms with Crippen molar-refractivity contribution >= 4 is 22.7 Å². The first kappa shape index (κ1) is 21.8. The lowest BCUT2D eigenvalue weighted by Gasteiger charge is -2.33. The molecule has 2 amide bonds. The topological polar surface area (TPSA) is 71.5 Å². The fraction of sp³-hybridized carbons (Fsp3) is 0.346. The van der Waals surface area contributed by atoms with E-state index in [4.69, 9.17) is 4.74 Å². The summed E-state index contributed by atoms with van der Waals surface area (Å²) >= 11 is 0. The first-order valence-electron chi connectivity index (χ1n) is 11.2. The minimum Gasteiger partial charge on any atom is -0.497 e. The number of ether oxygens (including phenoxy) is 1. The molecule has 3 aromatic rings. The molecule has 0 bridgehead atoms. The molecule has 0 spiro atoms. The average Bonchev–Trinajstić information content (AvgIpc) is 2.85. The van der Waals surface area contributed by atoms with Crippen LogP contribution in [0.5, 0.6) is 5.75 Å². The highest BCUT2D eigenvalue weighted by Crippen LogP contribution is 2.23. The Morgan fingerprint density at radius 2 is 2.06 bits per heavy atom. The lowest BCUT2D eigenvalue weighted by molar-refractivity contribution is -0.121. The number of benzene rings is 2. The number of carbonyl (C=O) groups excluding carboxylic acids is 2. The highest BCUT2D eigenvalue weighted by atomic mass is 16.5. The van der Waals surface area contributed by atoms with Crippen LogP contribution in [0.25, 0.3) is 10.9 Å². The van der Waals surface area contributed by atoms with Crippen molar-refractivity contribution in [2.75, 3.05) is 20.2 Å². The summed E-state index contributed by atoms with van der Waals surface area (Å²) in [4.78, 5) is 31.7. The van der Waals surface area contributed by atoms with E-state index in [0.29, 0.717) is 31.0 Å². The highest BCUT2D eigenvalue weighted by Gasteiger charge is 2.25. The monoisotopic (exact) mass is 431 g/mol. The van der Waals surface area contributed by atoms with Crippen molar-refractivity contribution in [2.24, 2.45) is 5.92 Å². The molecule has 6 heteroatoms. The van der Waals surface area contributed by atoms with Crippen LogP contribution < -0.4 is 10.1 Å². The normalized spacial score (nSPS) is 16.0. The van der Waals surface area contributed by atoms with E-state index >= 15 is 0 Å². The van der Waals surface area contributed by atoms with Gasteiger partial charge in [0.05, 0.1) is 12.6 Å². The Balaban J connectivity index is 1.27. The van der Waals surface area contributed by atoms with Crippen LogP contribution in [0.15, 0.2) is 60.8 Å². The molecule has 1 saturated heterocycles. The van der Waals surface area contributed by atoms with Gasteiger partial charge >= 0.3 is 0 Å². The smallest absolute Gasteiger partial charge is 0.253 e. The Bertz CT molecular complexity index is 1100. The fourth-order valence-electron chi connectivity index (χ4n) is 4.28. The number of hydrogen-bond acceptors (Lipinski definition) is 4. The molecule has 1 atom stereocenters. The van der Waals surface area contributed by atoms with E-state index in [-0.39, 0.29) is 11.8 Å². The molecule has 0 saturated carbocycles. The second-order valence-electron chi connectivity index (χ2n) is 8.34. The summed E-state index contributed by atoms with van der Waals surface area (Å²) in [5.41, 5.74) is 2.60. The molecule has 1 aliphatic heterocycles. The standard InChI is InChI=1S/C26H29N3O3/c1-32-23-8-2-5-20(15-23)17-28-25(30)12-9-19-6-4-14-29(18-19)26(31)22-10-11-24-21(16-22)7-3-13-27-24/h2-3,5,7-8,10-11,13,15-16,19H,4,6,9,12,14,17-18H2,1H3,(H,28,30)/t19-/m0/s1. The van der Waals surface area contributed by atoms with Crippen LogP contribution in [0.1, 0.15) is 41.6 Å². The minimum absolute atomic E-state index is 0.0401. The molecular formula is C26H29N3O3. The maximum Gasteiger partial charge on any atom is 0.253 e.